The monoisotopic (exact) mass is 555 g/mol. The number of rotatable bonds is 9. The molecule has 2 aromatic carbocycles. The number of β-amino-alcohol motifs (C(OH)–C–C–N with tert-alkyl or cyclic N) is 1. The van der Waals surface area contributed by atoms with E-state index < -0.39 is 6.10 Å². The first-order valence-electron chi connectivity index (χ1n) is 13.1. The normalized spacial score (nSPS) is 15.6. The quantitative estimate of drug-likeness (QED) is 0.312. The first kappa shape index (κ1) is 27.5. The predicted molar refractivity (Wildman–Crippen MR) is 148 cm³/mol. The van der Waals surface area contributed by atoms with Gasteiger partial charge in [0.15, 0.2) is 0 Å². The van der Waals surface area contributed by atoms with E-state index in [9.17, 15) is 15.2 Å². The molecule has 0 bridgehead atoms. The molecule has 1 amide bonds. The van der Waals surface area contributed by atoms with Crippen LogP contribution >= 0.6 is 0 Å². The highest BCUT2D eigenvalue weighted by Crippen LogP contribution is 2.30. The molecule has 1 fully saturated rings. The standard InChI is InChI=1S/C28H29N9O4/c1-18(15-37-17-32-34-35-37)41-25-10-19(5-6-21(25)12-29)22-13-30-28(31-14-22)33-24-8-7-20(11-26(24)40-2)27(39)36-9-3-4-23(38)16-36/h5-8,10-11,13-14,17-18,23,38H,3-4,9,15-16H2,1-2H3,(H,30,31,33)/t18-,23?/m0/s1. The number of carbonyl (C=O) groups is 1. The number of piperidine rings is 1. The summed E-state index contributed by atoms with van der Waals surface area (Å²) in [5, 5.41) is 33.7. The molecular formula is C28H29N9O4. The minimum absolute atomic E-state index is 0.148. The maximum absolute atomic E-state index is 12.9. The molecule has 210 valence electrons. The second kappa shape index (κ2) is 12.4. The summed E-state index contributed by atoms with van der Waals surface area (Å²) in [6.07, 6.45) is 5.53. The van der Waals surface area contributed by atoms with Crippen molar-refractivity contribution in [1.29, 1.82) is 5.26 Å². The summed E-state index contributed by atoms with van der Waals surface area (Å²) in [6.45, 7) is 3.23. The van der Waals surface area contributed by atoms with E-state index in [2.05, 4.69) is 36.9 Å². The minimum Gasteiger partial charge on any atom is -0.495 e. The van der Waals surface area contributed by atoms with Crippen LogP contribution in [-0.4, -0.2) is 78.5 Å². The average molecular weight is 556 g/mol. The van der Waals surface area contributed by atoms with E-state index in [4.69, 9.17) is 9.47 Å². The summed E-state index contributed by atoms with van der Waals surface area (Å²) in [5.74, 6) is 1.09. The SMILES string of the molecule is COc1cc(C(=O)N2CCCC(O)C2)ccc1Nc1ncc(-c2ccc(C#N)c(O[C@@H](C)Cn3cnnn3)c2)cn1. The predicted octanol–water partition coefficient (Wildman–Crippen LogP) is 2.82. The number of carbonyl (C=O) groups excluding carboxylic acids is 1. The van der Waals surface area contributed by atoms with Crippen LogP contribution in [0.5, 0.6) is 11.5 Å². The Morgan fingerprint density at radius 3 is 2.73 bits per heavy atom. The number of nitrogens with zero attached hydrogens (tertiary/aromatic N) is 8. The smallest absolute Gasteiger partial charge is 0.254 e. The molecule has 2 N–H and O–H groups in total. The number of aliphatic hydroxyl groups excluding tert-OH is 1. The van der Waals surface area contributed by atoms with Crippen LogP contribution in [0.4, 0.5) is 11.6 Å². The summed E-state index contributed by atoms with van der Waals surface area (Å²) in [4.78, 5) is 23.5. The van der Waals surface area contributed by atoms with Gasteiger partial charge in [-0.3, -0.25) is 4.79 Å². The summed E-state index contributed by atoms with van der Waals surface area (Å²) >= 11 is 0. The van der Waals surface area contributed by atoms with Crippen molar-refractivity contribution in [3.05, 3.63) is 66.2 Å². The fourth-order valence-corrected chi connectivity index (χ4v) is 4.58. The Labute approximate surface area is 236 Å². The largest absolute Gasteiger partial charge is 0.495 e. The van der Waals surface area contributed by atoms with Gasteiger partial charge in [0.25, 0.3) is 5.91 Å². The third-order valence-electron chi connectivity index (χ3n) is 6.63. The van der Waals surface area contributed by atoms with Gasteiger partial charge in [0.2, 0.25) is 5.95 Å². The van der Waals surface area contributed by atoms with Crippen LogP contribution in [0.2, 0.25) is 0 Å². The molecule has 13 nitrogen and oxygen atoms in total. The maximum Gasteiger partial charge on any atom is 0.254 e. The van der Waals surface area contributed by atoms with Gasteiger partial charge in [-0.1, -0.05) is 6.07 Å². The number of methoxy groups -OCH3 is 1. The maximum atomic E-state index is 12.9. The van der Waals surface area contributed by atoms with E-state index in [1.165, 1.54) is 13.4 Å². The molecule has 0 spiro atoms. The Bertz CT molecular complexity index is 1540. The van der Waals surface area contributed by atoms with Gasteiger partial charge >= 0.3 is 0 Å². The number of anilines is 2. The summed E-state index contributed by atoms with van der Waals surface area (Å²) in [6, 6.07) is 12.6. The Kier molecular flexibility index (Phi) is 8.31. The van der Waals surface area contributed by atoms with Crippen LogP contribution in [0.1, 0.15) is 35.7 Å². The van der Waals surface area contributed by atoms with Gasteiger partial charge in [0.1, 0.15) is 30.0 Å². The van der Waals surface area contributed by atoms with Crippen LogP contribution in [0.25, 0.3) is 11.1 Å². The summed E-state index contributed by atoms with van der Waals surface area (Å²) in [7, 11) is 1.53. The van der Waals surface area contributed by atoms with E-state index in [-0.39, 0.29) is 12.0 Å². The Morgan fingerprint density at radius 2 is 2.02 bits per heavy atom. The highest BCUT2D eigenvalue weighted by atomic mass is 16.5. The van der Waals surface area contributed by atoms with Crippen LogP contribution in [0.3, 0.4) is 0 Å². The lowest BCUT2D eigenvalue weighted by atomic mass is 10.1. The van der Waals surface area contributed by atoms with E-state index in [1.807, 2.05) is 13.0 Å². The van der Waals surface area contributed by atoms with Crippen molar-refractivity contribution >= 4 is 17.5 Å². The van der Waals surface area contributed by atoms with Crippen molar-refractivity contribution in [1.82, 2.24) is 35.1 Å². The molecule has 0 aliphatic carbocycles. The van der Waals surface area contributed by atoms with E-state index in [0.29, 0.717) is 60.3 Å². The number of hydrogen-bond acceptors (Lipinski definition) is 11. The van der Waals surface area contributed by atoms with Crippen LogP contribution < -0.4 is 14.8 Å². The number of benzene rings is 2. The number of aliphatic hydroxyl groups is 1. The van der Waals surface area contributed by atoms with Gasteiger partial charge < -0.3 is 24.8 Å². The molecule has 5 rings (SSSR count). The summed E-state index contributed by atoms with van der Waals surface area (Å²) in [5.41, 5.74) is 2.99. The van der Waals surface area contributed by atoms with Gasteiger partial charge in [-0.05, 0) is 66.1 Å². The van der Waals surface area contributed by atoms with Gasteiger partial charge in [-0.25, -0.2) is 14.6 Å². The lowest BCUT2D eigenvalue weighted by Gasteiger charge is -2.30. The number of likely N-dealkylation sites (tertiary alicyclic amines) is 1. The lowest BCUT2D eigenvalue weighted by Crippen LogP contribution is -2.42. The third-order valence-corrected chi connectivity index (χ3v) is 6.63. The van der Waals surface area contributed by atoms with Crippen LogP contribution in [-0.2, 0) is 6.54 Å². The number of tetrazole rings is 1. The molecule has 3 heterocycles. The number of nitriles is 1. The van der Waals surface area contributed by atoms with Crippen LogP contribution in [0.15, 0.2) is 55.1 Å². The number of nitrogens with one attached hydrogen (secondary N) is 1. The number of hydrogen-bond donors (Lipinski definition) is 2. The second-order valence-electron chi connectivity index (χ2n) is 9.67. The topological polar surface area (TPSA) is 164 Å². The zero-order valence-corrected chi connectivity index (χ0v) is 22.6. The van der Waals surface area contributed by atoms with E-state index >= 15 is 0 Å². The highest BCUT2D eigenvalue weighted by molar-refractivity contribution is 5.95. The van der Waals surface area contributed by atoms with E-state index in [0.717, 1.165) is 17.5 Å². The molecule has 4 aromatic rings. The van der Waals surface area contributed by atoms with Crippen molar-refractivity contribution in [2.75, 3.05) is 25.5 Å². The van der Waals surface area contributed by atoms with Gasteiger partial charge in [-0.2, -0.15) is 5.26 Å². The molecule has 1 aliphatic rings. The zero-order valence-electron chi connectivity index (χ0n) is 22.6. The van der Waals surface area contributed by atoms with Crippen molar-refractivity contribution in [2.45, 2.75) is 38.5 Å². The lowest BCUT2D eigenvalue weighted by molar-refractivity contribution is 0.0473. The van der Waals surface area contributed by atoms with Crippen molar-refractivity contribution in [3.8, 4) is 28.7 Å². The average Bonchev–Trinajstić information content (AvgIpc) is 3.50. The van der Waals surface area contributed by atoms with Crippen molar-refractivity contribution < 1.29 is 19.4 Å². The summed E-state index contributed by atoms with van der Waals surface area (Å²) < 4.78 is 13.1. The second-order valence-corrected chi connectivity index (χ2v) is 9.67. The third kappa shape index (κ3) is 6.56. The molecule has 41 heavy (non-hydrogen) atoms. The fourth-order valence-electron chi connectivity index (χ4n) is 4.58. The number of ether oxygens (including phenoxy) is 2. The Morgan fingerprint density at radius 1 is 1.20 bits per heavy atom. The van der Waals surface area contributed by atoms with Gasteiger partial charge in [0, 0.05) is 36.6 Å². The zero-order chi connectivity index (χ0) is 28.8. The Balaban J connectivity index is 1.28. The van der Waals surface area contributed by atoms with Gasteiger partial charge in [-0.15, -0.1) is 5.10 Å². The molecule has 0 radical (unpaired) electrons. The molecule has 2 atom stereocenters. The number of aromatic nitrogens is 6. The molecule has 1 unspecified atom stereocenters. The Hall–Kier alpha value is -5.09. The van der Waals surface area contributed by atoms with Crippen LogP contribution in [0, 0.1) is 11.3 Å². The molecular weight excluding hydrogens is 526 g/mol. The van der Waals surface area contributed by atoms with E-state index in [1.54, 1.807) is 52.3 Å². The first-order valence-corrected chi connectivity index (χ1v) is 13.1. The fraction of sp³-hybridized carbons (Fsp3) is 0.321. The minimum atomic E-state index is -0.495. The first-order chi connectivity index (χ1) is 19.9. The molecule has 1 saturated heterocycles. The highest BCUT2D eigenvalue weighted by Gasteiger charge is 2.24. The van der Waals surface area contributed by atoms with Gasteiger partial charge in [0.05, 0.1) is 31.0 Å². The van der Waals surface area contributed by atoms with Crippen molar-refractivity contribution in [3.63, 3.8) is 0 Å². The molecule has 1 aliphatic heterocycles. The number of amides is 1. The molecule has 13 heteroatoms. The van der Waals surface area contributed by atoms with Crippen molar-refractivity contribution in [2.24, 2.45) is 0 Å². The molecule has 0 saturated carbocycles. The molecule has 2 aromatic heterocycles.